The van der Waals surface area contributed by atoms with E-state index < -0.39 is 0 Å². The first-order valence-electron chi connectivity index (χ1n) is 9.16. The molecule has 1 aliphatic rings. The number of piperidine rings is 1. The van der Waals surface area contributed by atoms with Gasteiger partial charge in [-0.1, -0.05) is 24.2 Å². The molecule has 1 aromatic carbocycles. The van der Waals surface area contributed by atoms with E-state index in [1.54, 1.807) is 11.0 Å². The second-order valence-corrected chi connectivity index (χ2v) is 6.63. The Labute approximate surface area is 156 Å². The molecule has 0 radical (unpaired) electrons. The van der Waals surface area contributed by atoms with Crippen LogP contribution in [0.5, 0.6) is 0 Å². The maximum Gasteiger partial charge on any atom is 0.226 e. The van der Waals surface area contributed by atoms with E-state index in [1.165, 1.54) is 12.1 Å². The van der Waals surface area contributed by atoms with Crippen LogP contribution in [-0.2, 0) is 29.0 Å². The van der Waals surface area contributed by atoms with Gasteiger partial charge < -0.3 is 14.7 Å². The normalized spacial score (nSPS) is 17.2. The molecule has 1 aromatic heterocycles. The number of rotatable bonds is 7. The van der Waals surface area contributed by atoms with Crippen LogP contribution in [0.25, 0.3) is 0 Å². The third kappa shape index (κ3) is 5.12. The van der Waals surface area contributed by atoms with Crippen LogP contribution < -0.4 is 5.32 Å². The van der Waals surface area contributed by atoms with Gasteiger partial charge in [0.05, 0.1) is 12.5 Å². The highest BCUT2D eigenvalue weighted by Crippen LogP contribution is 2.19. The summed E-state index contributed by atoms with van der Waals surface area (Å²) in [6.07, 6.45) is 2.06. The molecule has 1 aliphatic heterocycles. The SMILES string of the molecule is CCc1nc(CNC(=O)[C@H]2CCC(=O)N(CCc3cccc(F)c3)C2)no1. The fourth-order valence-corrected chi connectivity index (χ4v) is 3.12. The van der Waals surface area contributed by atoms with E-state index in [2.05, 4.69) is 15.5 Å². The molecule has 1 atom stereocenters. The Hall–Kier alpha value is -2.77. The lowest BCUT2D eigenvalue weighted by molar-refractivity contribution is -0.138. The van der Waals surface area contributed by atoms with E-state index in [9.17, 15) is 14.0 Å². The largest absolute Gasteiger partial charge is 0.348 e. The van der Waals surface area contributed by atoms with Crippen molar-refractivity contribution in [3.63, 3.8) is 0 Å². The molecule has 27 heavy (non-hydrogen) atoms. The van der Waals surface area contributed by atoms with Gasteiger partial charge in [-0.2, -0.15) is 4.98 Å². The second-order valence-electron chi connectivity index (χ2n) is 6.63. The summed E-state index contributed by atoms with van der Waals surface area (Å²) in [4.78, 5) is 30.4. The number of amides is 2. The average molecular weight is 374 g/mol. The van der Waals surface area contributed by atoms with Crippen LogP contribution >= 0.6 is 0 Å². The van der Waals surface area contributed by atoms with E-state index in [0.29, 0.717) is 50.5 Å². The zero-order valence-electron chi connectivity index (χ0n) is 15.3. The predicted molar refractivity (Wildman–Crippen MR) is 94.9 cm³/mol. The standard InChI is InChI=1S/C19H23FN4O3/c1-2-17-22-16(23-27-17)11-21-19(26)14-6-7-18(25)24(12-14)9-8-13-4-3-5-15(20)10-13/h3-5,10,14H,2,6-9,11-12H2,1H3,(H,21,26)/t14-/m0/s1. The summed E-state index contributed by atoms with van der Waals surface area (Å²) in [6, 6.07) is 6.34. The van der Waals surface area contributed by atoms with Gasteiger partial charge in [-0.15, -0.1) is 0 Å². The highest BCUT2D eigenvalue weighted by molar-refractivity contribution is 5.83. The quantitative estimate of drug-likeness (QED) is 0.799. The lowest BCUT2D eigenvalue weighted by atomic mass is 9.96. The molecule has 1 fully saturated rings. The van der Waals surface area contributed by atoms with E-state index in [0.717, 1.165) is 5.56 Å². The number of carbonyl (C=O) groups is 2. The Morgan fingerprint density at radius 1 is 1.44 bits per heavy atom. The zero-order chi connectivity index (χ0) is 19.2. The number of nitrogens with zero attached hydrogens (tertiary/aromatic N) is 3. The summed E-state index contributed by atoms with van der Waals surface area (Å²) in [5.74, 6) is 0.318. The predicted octanol–water partition coefficient (Wildman–Crippen LogP) is 1.87. The Balaban J connectivity index is 1.50. The molecule has 7 nitrogen and oxygen atoms in total. The van der Waals surface area contributed by atoms with E-state index in [4.69, 9.17) is 4.52 Å². The molecular weight excluding hydrogens is 351 g/mol. The summed E-state index contributed by atoms with van der Waals surface area (Å²) in [5.41, 5.74) is 0.832. The molecule has 144 valence electrons. The van der Waals surface area contributed by atoms with Gasteiger partial charge in [-0.25, -0.2) is 4.39 Å². The van der Waals surface area contributed by atoms with E-state index in [-0.39, 0.29) is 30.1 Å². The smallest absolute Gasteiger partial charge is 0.226 e. The number of aromatic nitrogens is 2. The third-order valence-electron chi connectivity index (χ3n) is 4.66. The minimum absolute atomic E-state index is 0.0289. The van der Waals surface area contributed by atoms with Crippen molar-refractivity contribution in [2.75, 3.05) is 13.1 Å². The van der Waals surface area contributed by atoms with Crippen molar-refractivity contribution in [2.24, 2.45) is 5.92 Å². The number of likely N-dealkylation sites (tertiary alicyclic amines) is 1. The molecule has 0 aliphatic carbocycles. The number of aryl methyl sites for hydroxylation is 1. The molecular formula is C19H23FN4O3. The zero-order valence-corrected chi connectivity index (χ0v) is 15.3. The number of carbonyl (C=O) groups excluding carboxylic acids is 2. The van der Waals surface area contributed by atoms with Gasteiger partial charge in [-0.3, -0.25) is 9.59 Å². The van der Waals surface area contributed by atoms with Gasteiger partial charge in [0.15, 0.2) is 5.82 Å². The molecule has 0 unspecified atom stereocenters. The van der Waals surface area contributed by atoms with Crippen LogP contribution in [0.2, 0.25) is 0 Å². The molecule has 2 amide bonds. The Morgan fingerprint density at radius 2 is 2.30 bits per heavy atom. The van der Waals surface area contributed by atoms with Gasteiger partial charge >= 0.3 is 0 Å². The van der Waals surface area contributed by atoms with E-state index in [1.807, 2.05) is 13.0 Å². The Bertz CT molecular complexity index is 808. The molecule has 2 aromatic rings. The van der Waals surface area contributed by atoms with Crippen LogP contribution in [-0.4, -0.2) is 39.9 Å². The lowest BCUT2D eigenvalue weighted by Gasteiger charge is -2.32. The summed E-state index contributed by atoms with van der Waals surface area (Å²) >= 11 is 0. The van der Waals surface area contributed by atoms with Crippen molar-refractivity contribution in [3.05, 3.63) is 47.4 Å². The van der Waals surface area contributed by atoms with Crippen LogP contribution in [0.4, 0.5) is 4.39 Å². The van der Waals surface area contributed by atoms with Gasteiger partial charge in [0.25, 0.3) is 0 Å². The fourth-order valence-electron chi connectivity index (χ4n) is 3.12. The topological polar surface area (TPSA) is 88.3 Å². The number of benzene rings is 1. The van der Waals surface area contributed by atoms with Crippen molar-refractivity contribution in [3.8, 4) is 0 Å². The number of hydrogen-bond acceptors (Lipinski definition) is 5. The summed E-state index contributed by atoms with van der Waals surface area (Å²) < 4.78 is 18.3. The number of halogens is 1. The summed E-state index contributed by atoms with van der Waals surface area (Å²) in [6.45, 7) is 2.95. The van der Waals surface area contributed by atoms with Crippen molar-refractivity contribution < 1.29 is 18.5 Å². The first-order chi connectivity index (χ1) is 13.0. The van der Waals surface area contributed by atoms with Crippen LogP contribution in [0.3, 0.4) is 0 Å². The Kier molecular flexibility index (Phi) is 6.16. The van der Waals surface area contributed by atoms with Crippen LogP contribution in [0.1, 0.15) is 37.0 Å². The van der Waals surface area contributed by atoms with Crippen LogP contribution in [0.15, 0.2) is 28.8 Å². The molecule has 3 rings (SSSR count). The van der Waals surface area contributed by atoms with E-state index >= 15 is 0 Å². The Morgan fingerprint density at radius 3 is 3.04 bits per heavy atom. The van der Waals surface area contributed by atoms with Crippen molar-refractivity contribution in [1.29, 1.82) is 0 Å². The third-order valence-corrected chi connectivity index (χ3v) is 4.66. The maximum atomic E-state index is 13.3. The van der Waals surface area contributed by atoms with Gasteiger partial charge in [0, 0.05) is 25.9 Å². The first kappa shape index (κ1) is 19.0. The first-order valence-corrected chi connectivity index (χ1v) is 9.16. The average Bonchev–Trinajstić information content (AvgIpc) is 3.13. The lowest BCUT2D eigenvalue weighted by Crippen LogP contribution is -2.46. The molecule has 0 bridgehead atoms. The van der Waals surface area contributed by atoms with Gasteiger partial charge in [-0.05, 0) is 30.5 Å². The highest BCUT2D eigenvalue weighted by Gasteiger charge is 2.30. The summed E-state index contributed by atoms with van der Waals surface area (Å²) in [7, 11) is 0. The number of nitrogens with one attached hydrogen (secondary N) is 1. The molecule has 2 heterocycles. The fraction of sp³-hybridized carbons (Fsp3) is 0.474. The monoisotopic (exact) mass is 374 g/mol. The molecule has 0 spiro atoms. The second kappa shape index (κ2) is 8.75. The minimum atomic E-state index is -0.289. The molecule has 0 saturated carbocycles. The molecule has 8 heteroatoms. The summed E-state index contributed by atoms with van der Waals surface area (Å²) in [5, 5.41) is 6.62. The maximum absolute atomic E-state index is 13.3. The van der Waals surface area contributed by atoms with Crippen molar-refractivity contribution in [2.45, 2.75) is 39.2 Å². The molecule has 1 saturated heterocycles. The van der Waals surface area contributed by atoms with Crippen molar-refractivity contribution >= 4 is 11.8 Å². The van der Waals surface area contributed by atoms with Gasteiger partial charge in [0.1, 0.15) is 5.82 Å². The van der Waals surface area contributed by atoms with Crippen molar-refractivity contribution in [1.82, 2.24) is 20.4 Å². The minimum Gasteiger partial charge on any atom is -0.348 e. The van der Waals surface area contributed by atoms with Crippen LogP contribution in [0, 0.1) is 11.7 Å². The number of hydrogen-bond donors (Lipinski definition) is 1. The van der Waals surface area contributed by atoms with Gasteiger partial charge in [0.2, 0.25) is 17.7 Å². The highest BCUT2D eigenvalue weighted by atomic mass is 19.1. The molecule has 1 N–H and O–H groups in total.